The molecule has 0 aliphatic heterocycles. The van der Waals surface area contributed by atoms with E-state index in [0.29, 0.717) is 0 Å². The van der Waals surface area contributed by atoms with E-state index in [1.54, 1.807) is 6.07 Å². The van der Waals surface area contributed by atoms with E-state index in [9.17, 15) is 17.6 Å². The molecule has 0 amide bonds. The van der Waals surface area contributed by atoms with Crippen LogP contribution in [-0.4, -0.2) is 0 Å². The summed E-state index contributed by atoms with van der Waals surface area (Å²) in [5.74, 6) is -0.699. The molecule has 2 aromatic carbocycles. The Morgan fingerprint density at radius 3 is 2.30 bits per heavy atom. The molecule has 0 saturated heterocycles. The summed E-state index contributed by atoms with van der Waals surface area (Å²) in [6.07, 6.45) is -3.60. The van der Waals surface area contributed by atoms with Gasteiger partial charge in [0.25, 0.3) is 0 Å². The summed E-state index contributed by atoms with van der Waals surface area (Å²) in [5, 5.41) is 8.37. The lowest BCUT2D eigenvalue weighted by Crippen LogP contribution is -2.06. The van der Waals surface area contributed by atoms with Gasteiger partial charge in [0, 0.05) is 17.2 Å². The summed E-state index contributed by atoms with van der Waals surface area (Å²) >= 11 is 11.6. The third-order valence-electron chi connectivity index (χ3n) is 3.03. The van der Waals surface area contributed by atoms with Crippen LogP contribution >= 0.6 is 23.2 Å². The molecule has 118 valence electrons. The van der Waals surface area contributed by atoms with E-state index in [0.717, 1.165) is 30.3 Å². The Bertz CT molecular complexity index is 800. The molecule has 0 bridgehead atoms. The van der Waals surface area contributed by atoms with Gasteiger partial charge in [-0.05, 0) is 29.8 Å². The van der Waals surface area contributed by atoms with Crippen LogP contribution in [0.2, 0.25) is 10.0 Å². The topological polar surface area (TPSA) is 23.8 Å². The average molecular weight is 360 g/mol. The first-order chi connectivity index (χ1) is 10.8. The molecule has 0 unspecified atom stereocenters. The van der Waals surface area contributed by atoms with Crippen LogP contribution in [0, 0.1) is 17.1 Å². The highest BCUT2D eigenvalue weighted by Gasteiger charge is 2.33. The van der Waals surface area contributed by atoms with Crippen molar-refractivity contribution in [3.63, 3.8) is 0 Å². The van der Waals surface area contributed by atoms with Gasteiger partial charge in [0.05, 0.1) is 21.7 Å². The number of rotatable bonds is 2. The maximum absolute atomic E-state index is 14.0. The number of halogens is 6. The van der Waals surface area contributed by atoms with Gasteiger partial charge in [-0.15, -0.1) is 0 Å². The molecule has 0 spiro atoms. The molecule has 0 heterocycles. The molecule has 0 saturated carbocycles. The van der Waals surface area contributed by atoms with Crippen molar-refractivity contribution in [1.29, 1.82) is 5.26 Å². The van der Waals surface area contributed by atoms with Crippen LogP contribution in [-0.2, 0) is 6.18 Å². The summed E-state index contributed by atoms with van der Waals surface area (Å²) in [7, 11) is 0. The fourth-order valence-corrected chi connectivity index (χ4v) is 2.58. The van der Waals surface area contributed by atoms with Crippen molar-refractivity contribution in [1.82, 2.24) is 0 Å². The zero-order chi connectivity index (χ0) is 17.2. The molecule has 0 aromatic heterocycles. The zero-order valence-corrected chi connectivity index (χ0v) is 12.8. The Labute approximate surface area is 139 Å². The van der Waals surface area contributed by atoms with Crippen LogP contribution < -0.4 is 0 Å². The molecule has 0 aliphatic rings. The van der Waals surface area contributed by atoms with Gasteiger partial charge in [0.1, 0.15) is 5.82 Å². The first-order valence-electron chi connectivity index (χ1n) is 6.17. The molecule has 2 aromatic rings. The van der Waals surface area contributed by atoms with Crippen LogP contribution in [0.4, 0.5) is 17.6 Å². The monoisotopic (exact) mass is 359 g/mol. The standard InChI is InChI=1S/C16H7Cl2F4N/c17-12-2-1-3-14(19)15(12)10(6-7-23)9-4-5-11(13(18)8-9)16(20,21)22/h1-6,8H/b10-6-. The lowest BCUT2D eigenvalue weighted by Gasteiger charge is -2.13. The average Bonchev–Trinajstić information content (AvgIpc) is 2.44. The van der Waals surface area contributed by atoms with Crippen molar-refractivity contribution in [2.24, 2.45) is 0 Å². The van der Waals surface area contributed by atoms with E-state index < -0.39 is 22.6 Å². The van der Waals surface area contributed by atoms with Gasteiger partial charge >= 0.3 is 6.18 Å². The zero-order valence-electron chi connectivity index (χ0n) is 11.3. The van der Waals surface area contributed by atoms with Gasteiger partial charge in [0.15, 0.2) is 0 Å². The van der Waals surface area contributed by atoms with E-state index >= 15 is 0 Å². The van der Waals surface area contributed by atoms with Gasteiger partial charge in [-0.2, -0.15) is 18.4 Å². The predicted octanol–water partition coefficient (Wildman–Crippen LogP) is 6.11. The molecule has 0 N–H and O–H groups in total. The Hall–Kier alpha value is -2.03. The van der Waals surface area contributed by atoms with Crippen molar-refractivity contribution in [3.8, 4) is 6.07 Å². The van der Waals surface area contributed by atoms with E-state index in [1.165, 1.54) is 12.1 Å². The molecular formula is C16H7Cl2F4N. The highest BCUT2D eigenvalue weighted by molar-refractivity contribution is 6.33. The SMILES string of the molecule is N#C/C=C(/c1ccc(C(F)(F)F)c(Cl)c1)c1c(F)cccc1Cl. The van der Waals surface area contributed by atoms with Gasteiger partial charge in [-0.3, -0.25) is 0 Å². The molecule has 23 heavy (non-hydrogen) atoms. The first kappa shape index (κ1) is 17.3. The lowest BCUT2D eigenvalue weighted by molar-refractivity contribution is -0.137. The smallest absolute Gasteiger partial charge is 0.206 e. The fourth-order valence-electron chi connectivity index (χ4n) is 2.03. The van der Waals surface area contributed by atoms with Crippen molar-refractivity contribution in [2.75, 3.05) is 0 Å². The predicted molar refractivity (Wildman–Crippen MR) is 80.6 cm³/mol. The van der Waals surface area contributed by atoms with Crippen molar-refractivity contribution < 1.29 is 17.6 Å². The highest BCUT2D eigenvalue weighted by atomic mass is 35.5. The van der Waals surface area contributed by atoms with Crippen molar-refractivity contribution >= 4 is 28.8 Å². The second-order valence-corrected chi connectivity index (χ2v) is 5.29. The van der Waals surface area contributed by atoms with E-state index in [4.69, 9.17) is 28.5 Å². The fraction of sp³-hybridized carbons (Fsp3) is 0.0625. The minimum Gasteiger partial charge on any atom is -0.206 e. The first-order valence-corrected chi connectivity index (χ1v) is 6.92. The minimum absolute atomic E-state index is 0.0301. The third kappa shape index (κ3) is 3.66. The largest absolute Gasteiger partial charge is 0.417 e. The highest BCUT2D eigenvalue weighted by Crippen LogP contribution is 2.38. The normalized spacial score (nSPS) is 12.1. The Morgan fingerprint density at radius 2 is 1.78 bits per heavy atom. The minimum atomic E-state index is -4.61. The van der Waals surface area contributed by atoms with Crippen molar-refractivity contribution in [3.05, 3.63) is 75.0 Å². The molecule has 0 radical (unpaired) electrons. The van der Waals surface area contributed by atoms with Gasteiger partial charge in [-0.1, -0.05) is 35.3 Å². The van der Waals surface area contributed by atoms with Gasteiger partial charge in [0.2, 0.25) is 0 Å². The van der Waals surface area contributed by atoms with Crippen LogP contribution in [0.5, 0.6) is 0 Å². The van der Waals surface area contributed by atoms with Crippen LogP contribution in [0.15, 0.2) is 42.5 Å². The van der Waals surface area contributed by atoms with E-state index in [1.807, 2.05) is 0 Å². The maximum Gasteiger partial charge on any atom is 0.417 e. The number of hydrogen-bond donors (Lipinski definition) is 0. The number of nitriles is 1. The Morgan fingerprint density at radius 1 is 1.09 bits per heavy atom. The molecule has 0 aliphatic carbocycles. The molecule has 7 heteroatoms. The lowest BCUT2D eigenvalue weighted by atomic mass is 9.96. The van der Waals surface area contributed by atoms with E-state index in [2.05, 4.69) is 0 Å². The molecule has 1 nitrogen and oxygen atoms in total. The molecular weight excluding hydrogens is 353 g/mol. The quantitative estimate of drug-likeness (QED) is 0.469. The summed E-state index contributed by atoms with van der Waals surface area (Å²) in [6, 6.07) is 8.57. The number of alkyl halides is 3. The van der Waals surface area contributed by atoms with Crippen LogP contribution in [0.25, 0.3) is 5.57 Å². The second kappa shape index (κ2) is 6.61. The number of nitrogens with zero attached hydrogens (tertiary/aromatic N) is 1. The second-order valence-electron chi connectivity index (χ2n) is 4.48. The third-order valence-corrected chi connectivity index (χ3v) is 3.65. The summed E-state index contributed by atoms with van der Waals surface area (Å²) in [5.41, 5.74) is -0.895. The number of allylic oxidation sites excluding steroid dienone is 1. The number of hydrogen-bond acceptors (Lipinski definition) is 1. The Balaban J connectivity index is 2.64. The summed E-state index contributed by atoms with van der Waals surface area (Å²) in [4.78, 5) is 0. The molecule has 0 atom stereocenters. The summed E-state index contributed by atoms with van der Waals surface area (Å²) in [6.45, 7) is 0. The van der Waals surface area contributed by atoms with E-state index in [-0.39, 0.29) is 21.7 Å². The molecule has 0 fully saturated rings. The maximum atomic E-state index is 14.0. The number of benzene rings is 2. The van der Waals surface area contributed by atoms with Gasteiger partial charge in [-0.25, -0.2) is 4.39 Å². The van der Waals surface area contributed by atoms with Crippen LogP contribution in [0.3, 0.4) is 0 Å². The Kier molecular flexibility index (Phi) is 4.98. The molecule has 2 rings (SSSR count). The van der Waals surface area contributed by atoms with Crippen molar-refractivity contribution in [2.45, 2.75) is 6.18 Å². The van der Waals surface area contributed by atoms with Crippen LogP contribution in [0.1, 0.15) is 16.7 Å². The van der Waals surface area contributed by atoms with Gasteiger partial charge < -0.3 is 0 Å². The summed E-state index contributed by atoms with van der Waals surface area (Å²) < 4.78 is 52.3.